The quantitative estimate of drug-likeness (QED) is 0.709. The van der Waals surface area contributed by atoms with Crippen LogP contribution in [0.5, 0.6) is 0 Å². The van der Waals surface area contributed by atoms with Gasteiger partial charge in [0, 0.05) is 0 Å². The van der Waals surface area contributed by atoms with Crippen molar-refractivity contribution in [3.63, 3.8) is 0 Å². The maximum absolute atomic E-state index is 12.3. The third-order valence-corrected chi connectivity index (χ3v) is 4.38. The smallest absolute Gasteiger partial charge is 0.243 e. The summed E-state index contributed by atoms with van der Waals surface area (Å²) in [4.78, 5) is 12.2. The lowest BCUT2D eigenvalue weighted by molar-refractivity contribution is 0.575. The number of hydrogen-bond acceptors (Lipinski definition) is 5. The fourth-order valence-corrected chi connectivity index (χ4v) is 2.92. The fourth-order valence-electron chi connectivity index (χ4n) is 1.81. The maximum atomic E-state index is 12.3. The average molecular weight is 302 g/mol. The summed E-state index contributed by atoms with van der Waals surface area (Å²) in [5.74, 6) is 0. The minimum absolute atomic E-state index is 0.0211. The summed E-state index contributed by atoms with van der Waals surface area (Å²) < 4.78 is 26.0. The molecule has 0 saturated carbocycles. The van der Waals surface area contributed by atoms with Gasteiger partial charge >= 0.3 is 5.69 Å². The van der Waals surface area contributed by atoms with Gasteiger partial charge in [-0.05, 0) is 34.7 Å². The lowest BCUT2D eigenvalue weighted by Crippen LogP contribution is -2.30. The maximum Gasteiger partial charge on any atom is 0.383 e. The van der Waals surface area contributed by atoms with E-state index < -0.39 is 15.7 Å². The molecule has 3 aromatic rings. The van der Waals surface area contributed by atoms with Crippen molar-refractivity contribution in [3.8, 4) is 5.69 Å². The molecule has 0 bridgehead atoms. The summed E-state index contributed by atoms with van der Waals surface area (Å²) in [7, 11) is -4.05. The van der Waals surface area contributed by atoms with Gasteiger partial charge in [-0.15, -0.1) is 0 Å². The molecule has 1 heterocycles. The average Bonchev–Trinajstić information content (AvgIpc) is 2.91. The first-order valence-electron chi connectivity index (χ1n) is 6.02. The molecule has 7 nitrogen and oxygen atoms in total. The third kappa shape index (κ3) is 2.25. The molecular weight excluding hydrogens is 292 g/mol. The lowest BCUT2D eigenvalue weighted by atomic mass is 10.3. The molecule has 0 saturated heterocycles. The zero-order chi connectivity index (χ0) is 14.9. The van der Waals surface area contributed by atoms with E-state index in [9.17, 15) is 13.2 Å². The van der Waals surface area contributed by atoms with Crippen LogP contribution in [0.1, 0.15) is 0 Å². The number of rotatable bonds is 3. The molecule has 0 N–H and O–H groups in total. The molecular formula is C13H10N4O3S. The monoisotopic (exact) mass is 302 g/mol. The minimum Gasteiger partial charge on any atom is -0.243 e. The number of benzene rings is 2. The van der Waals surface area contributed by atoms with Crippen LogP contribution in [0, 0.1) is 0 Å². The SMILES string of the molecule is O=c1n(-c2ccccc2)nnn1S(=O)(=O)c1ccccc1. The Kier molecular flexibility index (Phi) is 3.15. The van der Waals surface area contributed by atoms with E-state index in [0.29, 0.717) is 9.77 Å². The molecule has 0 fully saturated rings. The van der Waals surface area contributed by atoms with Crippen molar-refractivity contribution in [1.29, 1.82) is 0 Å². The predicted octanol–water partition coefficient (Wildman–Crippen LogP) is 0.666. The predicted molar refractivity (Wildman–Crippen MR) is 74.6 cm³/mol. The zero-order valence-electron chi connectivity index (χ0n) is 10.7. The molecule has 0 aliphatic carbocycles. The Morgan fingerprint density at radius 1 is 0.810 bits per heavy atom. The Hall–Kier alpha value is -2.74. The highest BCUT2D eigenvalue weighted by molar-refractivity contribution is 7.89. The summed E-state index contributed by atoms with van der Waals surface area (Å²) in [6.45, 7) is 0. The lowest BCUT2D eigenvalue weighted by Gasteiger charge is -2.01. The second kappa shape index (κ2) is 4.98. The van der Waals surface area contributed by atoms with E-state index in [2.05, 4.69) is 10.4 Å². The van der Waals surface area contributed by atoms with E-state index in [1.165, 1.54) is 12.1 Å². The molecule has 0 amide bonds. The van der Waals surface area contributed by atoms with Crippen molar-refractivity contribution in [1.82, 2.24) is 19.2 Å². The molecule has 21 heavy (non-hydrogen) atoms. The molecule has 8 heteroatoms. The van der Waals surface area contributed by atoms with Crippen molar-refractivity contribution in [3.05, 3.63) is 71.1 Å². The van der Waals surface area contributed by atoms with Crippen molar-refractivity contribution < 1.29 is 8.42 Å². The third-order valence-electron chi connectivity index (χ3n) is 2.83. The molecule has 1 aromatic heterocycles. The molecule has 0 radical (unpaired) electrons. The van der Waals surface area contributed by atoms with Gasteiger partial charge in [-0.1, -0.05) is 40.5 Å². The zero-order valence-corrected chi connectivity index (χ0v) is 11.5. The Bertz CT molecular complexity index is 915. The number of para-hydroxylation sites is 1. The van der Waals surface area contributed by atoms with E-state index >= 15 is 0 Å². The Balaban J connectivity index is 2.15. The van der Waals surface area contributed by atoms with Crippen LogP contribution in [0.25, 0.3) is 5.69 Å². The summed E-state index contributed by atoms with van der Waals surface area (Å²) in [6.07, 6.45) is 0. The molecule has 106 valence electrons. The van der Waals surface area contributed by atoms with Gasteiger partial charge in [-0.3, -0.25) is 0 Å². The highest BCUT2D eigenvalue weighted by atomic mass is 32.2. The van der Waals surface area contributed by atoms with E-state index in [1.54, 1.807) is 48.5 Å². The summed E-state index contributed by atoms with van der Waals surface area (Å²) >= 11 is 0. The Labute approximate surface area is 120 Å². The summed E-state index contributed by atoms with van der Waals surface area (Å²) in [5, 5.41) is 7.09. The van der Waals surface area contributed by atoms with E-state index in [0.717, 1.165) is 4.68 Å². The fraction of sp³-hybridized carbons (Fsp3) is 0. The highest BCUT2D eigenvalue weighted by Crippen LogP contribution is 2.10. The largest absolute Gasteiger partial charge is 0.383 e. The number of hydrogen-bond donors (Lipinski definition) is 0. The molecule has 3 rings (SSSR count). The second-order valence-corrected chi connectivity index (χ2v) is 5.94. The summed E-state index contributed by atoms with van der Waals surface area (Å²) in [6, 6.07) is 16.1. The van der Waals surface area contributed by atoms with Gasteiger partial charge in [0.1, 0.15) is 0 Å². The topological polar surface area (TPSA) is 86.8 Å². The van der Waals surface area contributed by atoms with Crippen molar-refractivity contribution in [2.24, 2.45) is 0 Å². The van der Waals surface area contributed by atoms with Crippen LogP contribution in [0.2, 0.25) is 0 Å². The standard InChI is InChI=1S/C13H10N4O3S/c18-13-16(11-7-3-1-4-8-11)14-15-17(13)21(19,20)12-9-5-2-6-10-12/h1-10H. The van der Waals surface area contributed by atoms with Crippen LogP contribution in [0.3, 0.4) is 0 Å². The van der Waals surface area contributed by atoms with Gasteiger partial charge in [-0.25, -0.2) is 4.79 Å². The van der Waals surface area contributed by atoms with Gasteiger partial charge in [-0.2, -0.15) is 13.1 Å². The van der Waals surface area contributed by atoms with Crippen molar-refractivity contribution in [2.45, 2.75) is 4.90 Å². The van der Waals surface area contributed by atoms with E-state index in [-0.39, 0.29) is 4.90 Å². The summed E-state index contributed by atoms with van der Waals surface area (Å²) in [5.41, 5.74) is -0.401. The van der Waals surface area contributed by atoms with E-state index in [4.69, 9.17) is 0 Å². The van der Waals surface area contributed by atoms with Gasteiger partial charge in [0.05, 0.1) is 10.6 Å². The van der Waals surface area contributed by atoms with Crippen molar-refractivity contribution in [2.75, 3.05) is 0 Å². The Morgan fingerprint density at radius 3 is 2.00 bits per heavy atom. The van der Waals surface area contributed by atoms with Crippen LogP contribution >= 0.6 is 0 Å². The van der Waals surface area contributed by atoms with E-state index in [1.807, 2.05) is 0 Å². The number of aromatic nitrogens is 4. The minimum atomic E-state index is -4.05. The molecule has 2 aromatic carbocycles. The molecule has 0 unspecified atom stereocenters. The second-order valence-electron chi connectivity index (χ2n) is 4.17. The molecule has 0 spiro atoms. The van der Waals surface area contributed by atoms with Crippen LogP contribution in [0.4, 0.5) is 0 Å². The van der Waals surface area contributed by atoms with Gasteiger partial charge < -0.3 is 0 Å². The van der Waals surface area contributed by atoms with Crippen molar-refractivity contribution >= 4 is 10.0 Å². The molecule has 0 aliphatic heterocycles. The first-order chi connectivity index (χ1) is 10.1. The van der Waals surface area contributed by atoms with Crippen LogP contribution in [-0.2, 0) is 10.0 Å². The van der Waals surface area contributed by atoms with Gasteiger partial charge in [0.25, 0.3) is 10.0 Å². The molecule has 0 aliphatic rings. The van der Waals surface area contributed by atoms with Gasteiger partial charge in [0.2, 0.25) is 0 Å². The molecule has 0 atom stereocenters. The first-order valence-corrected chi connectivity index (χ1v) is 7.46. The number of tetrazole rings is 1. The van der Waals surface area contributed by atoms with Gasteiger partial charge in [0.15, 0.2) is 0 Å². The Morgan fingerprint density at radius 2 is 1.38 bits per heavy atom. The first kappa shape index (κ1) is 13.3. The van der Waals surface area contributed by atoms with Crippen LogP contribution in [-0.4, -0.2) is 27.6 Å². The number of nitrogens with zero attached hydrogens (tertiary/aromatic N) is 4. The van der Waals surface area contributed by atoms with Crippen LogP contribution in [0.15, 0.2) is 70.4 Å². The highest BCUT2D eigenvalue weighted by Gasteiger charge is 2.23. The normalized spacial score (nSPS) is 11.4. The van der Waals surface area contributed by atoms with Crippen LogP contribution < -0.4 is 5.69 Å².